The van der Waals surface area contributed by atoms with E-state index in [4.69, 9.17) is 0 Å². The molecular formula is C22H25N. The molecule has 2 aromatic carbocycles. The SMILES string of the molecule is C=CC[C@H]1c2ccccc2[C@@H]2c3ccccc3CN1[C@H]2C(C)C. The fourth-order valence-electron chi connectivity index (χ4n) is 4.79. The molecule has 0 spiro atoms. The van der Waals surface area contributed by atoms with Gasteiger partial charge in [0.05, 0.1) is 0 Å². The van der Waals surface area contributed by atoms with Gasteiger partial charge in [-0.2, -0.15) is 0 Å². The van der Waals surface area contributed by atoms with E-state index < -0.39 is 0 Å². The number of hydrogen-bond donors (Lipinski definition) is 0. The lowest BCUT2D eigenvalue weighted by Gasteiger charge is -2.53. The van der Waals surface area contributed by atoms with E-state index in [9.17, 15) is 0 Å². The molecule has 4 rings (SSSR count). The van der Waals surface area contributed by atoms with Crippen molar-refractivity contribution in [2.75, 3.05) is 0 Å². The Morgan fingerprint density at radius 1 is 1.04 bits per heavy atom. The van der Waals surface area contributed by atoms with Gasteiger partial charge >= 0.3 is 0 Å². The minimum Gasteiger partial charge on any atom is -0.288 e. The third-order valence-corrected chi connectivity index (χ3v) is 5.63. The van der Waals surface area contributed by atoms with Crippen molar-refractivity contribution in [1.29, 1.82) is 0 Å². The molecule has 1 nitrogen and oxygen atoms in total. The summed E-state index contributed by atoms with van der Waals surface area (Å²) >= 11 is 0. The highest BCUT2D eigenvalue weighted by Crippen LogP contribution is 2.51. The highest BCUT2D eigenvalue weighted by molar-refractivity contribution is 5.49. The van der Waals surface area contributed by atoms with Crippen LogP contribution in [0.2, 0.25) is 0 Å². The number of fused-ring (bicyclic) bond motifs is 6. The van der Waals surface area contributed by atoms with E-state index in [1.54, 1.807) is 0 Å². The van der Waals surface area contributed by atoms with E-state index in [0.717, 1.165) is 13.0 Å². The molecule has 0 amide bonds. The molecule has 2 aromatic rings. The van der Waals surface area contributed by atoms with Crippen molar-refractivity contribution in [3.05, 3.63) is 83.4 Å². The lowest BCUT2D eigenvalue weighted by molar-refractivity contribution is 0.0542. The zero-order chi connectivity index (χ0) is 16.0. The first-order valence-electron chi connectivity index (χ1n) is 8.75. The zero-order valence-electron chi connectivity index (χ0n) is 14.1. The topological polar surface area (TPSA) is 3.24 Å². The second kappa shape index (κ2) is 5.65. The van der Waals surface area contributed by atoms with Crippen LogP contribution in [0.15, 0.2) is 61.2 Å². The Kier molecular flexibility index (Phi) is 3.61. The van der Waals surface area contributed by atoms with E-state index in [2.05, 4.69) is 79.9 Å². The maximum atomic E-state index is 4.02. The van der Waals surface area contributed by atoms with Gasteiger partial charge in [-0.1, -0.05) is 68.5 Å². The predicted octanol–water partition coefficient (Wildman–Crippen LogP) is 5.29. The first-order valence-corrected chi connectivity index (χ1v) is 8.75. The van der Waals surface area contributed by atoms with Crippen LogP contribution in [0, 0.1) is 5.92 Å². The van der Waals surface area contributed by atoms with Crippen molar-refractivity contribution in [3.63, 3.8) is 0 Å². The van der Waals surface area contributed by atoms with Crippen molar-refractivity contribution in [1.82, 2.24) is 4.90 Å². The van der Waals surface area contributed by atoms with Gasteiger partial charge in [-0.05, 0) is 34.6 Å². The van der Waals surface area contributed by atoms with E-state index in [-0.39, 0.29) is 0 Å². The maximum Gasteiger partial charge on any atom is 0.0392 e. The molecule has 2 aliphatic heterocycles. The van der Waals surface area contributed by atoms with Crippen LogP contribution in [0.25, 0.3) is 0 Å². The van der Waals surface area contributed by atoms with Gasteiger partial charge in [0.2, 0.25) is 0 Å². The molecule has 0 saturated heterocycles. The molecular weight excluding hydrogens is 278 g/mol. The molecule has 118 valence electrons. The van der Waals surface area contributed by atoms with Crippen molar-refractivity contribution >= 4 is 0 Å². The molecule has 0 aromatic heterocycles. The first-order chi connectivity index (χ1) is 11.2. The molecule has 0 N–H and O–H groups in total. The van der Waals surface area contributed by atoms with Gasteiger partial charge in [-0.15, -0.1) is 6.58 Å². The van der Waals surface area contributed by atoms with Gasteiger partial charge in [-0.3, -0.25) is 4.90 Å². The molecule has 1 unspecified atom stereocenters. The van der Waals surface area contributed by atoms with Gasteiger partial charge in [-0.25, -0.2) is 0 Å². The average Bonchev–Trinajstić information content (AvgIpc) is 2.57. The van der Waals surface area contributed by atoms with Crippen LogP contribution in [0.5, 0.6) is 0 Å². The smallest absolute Gasteiger partial charge is 0.0392 e. The summed E-state index contributed by atoms with van der Waals surface area (Å²) in [6, 6.07) is 19.1. The van der Waals surface area contributed by atoms with Crippen LogP contribution in [-0.2, 0) is 6.54 Å². The van der Waals surface area contributed by atoms with Gasteiger partial charge in [0.15, 0.2) is 0 Å². The second-order valence-corrected chi connectivity index (χ2v) is 7.25. The van der Waals surface area contributed by atoms with Crippen LogP contribution in [0.4, 0.5) is 0 Å². The number of hydrogen-bond acceptors (Lipinski definition) is 1. The Hall–Kier alpha value is -1.86. The molecule has 2 bridgehead atoms. The normalized spacial score (nSPS) is 28.1. The third-order valence-electron chi connectivity index (χ3n) is 5.63. The molecule has 1 heteroatoms. The van der Waals surface area contributed by atoms with Crippen LogP contribution >= 0.6 is 0 Å². The maximum absolute atomic E-state index is 4.02. The van der Waals surface area contributed by atoms with Crippen LogP contribution in [-0.4, -0.2) is 10.9 Å². The Morgan fingerprint density at radius 3 is 2.39 bits per heavy atom. The molecule has 0 radical (unpaired) electrons. The van der Waals surface area contributed by atoms with E-state index in [0.29, 0.717) is 23.9 Å². The summed E-state index contributed by atoms with van der Waals surface area (Å²) in [6.07, 6.45) is 3.11. The number of nitrogens with zero attached hydrogens (tertiary/aromatic N) is 1. The predicted molar refractivity (Wildman–Crippen MR) is 96.5 cm³/mol. The monoisotopic (exact) mass is 303 g/mol. The zero-order valence-corrected chi connectivity index (χ0v) is 14.1. The Balaban J connectivity index is 1.97. The summed E-state index contributed by atoms with van der Waals surface area (Å²) in [6.45, 7) is 9.82. The number of benzene rings is 2. The Morgan fingerprint density at radius 2 is 1.70 bits per heavy atom. The van der Waals surface area contributed by atoms with Crippen molar-refractivity contribution in [2.24, 2.45) is 5.92 Å². The second-order valence-electron chi connectivity index (χ2n) is 7.25. The number of rotatable bonds is 3. The van der Waals surface area contributed by atoms with E-state index in [1.807, 2.05) is 0 Å². The van der Waals surface area contributed by atoms with E-state index >= 15 is 0 Å². The largest absolute Gasteiger partial charge is 0.288 e. The minimum absolute atomic E-state index is 0.459. The molecule has 23 heavy (non-hydrogen) atoms. The summed E-state index contributed by atoms with van der Waals surface area (Å²) in [5.74, 6) is 1.13. The van der Waals surface area contributed by atoms with Crippen molar-refractivity contribution in [2.45, 2.75) is 44.8 Å². The summed E-state index contributed by atoms with van der Waals surface area (Å²) in [4.78, 5) is 2.74. The minimum atomic E-state index is 0.459. The summed E-state index contributed by atoms with van der Waals surface area (Å²) in [7, 11) is 0. The van der Waals surface area contributed by atoms with Crippen LogP contribution in [0.3, 0.4) is 0 Å². The van der Waals surface area contributed by atoms with Crippen molar-refractivity contribution < 1.29 is 0 Å². The lowest BCUT2D eigenvalue weighted by atomic mass is 9.68. The summed E-state index contributed by atoms with van der Waals surface area (Å²) in [5.41, 5.74) is 6.06. The van der Waals surface area contributed by atoms with E-state index in [1.165, 1.54) is 22.3 Å². The molecule has 2 aliphatic rings. The standard InChI is InChI=1S/C22H25N/c1-4-9-20-18-12-7-8-13-19(18)21-17-11-6-5-10-16(17)14-23(20)22(21)15(2)3/h4-8,10-13,15,20-22H,1,9,14H2,2-3H3/t20-,21-,22-/m0/s1. The third kappa shape index (κ3) is 2.18. The average molecular weight is 303 g/mol. The molecule has 0 aliphatic carbocycles. The van der Waals surface area contributed by atoms with Gasteiger partial charge in [0.1, 0.15) is 0 Å². The lowest BCUT2D eigenvalue weighted by Crippen LogP contribution is -2.51. The van der Waals surface area contributed by atoms with Crippen LogP contribution in [0.1, 0.15) is 54.5 Å². The van der Waals surface area contributed by atoms with Crippen LogP contribution < -0.4 is 0 Å². The summed E-state index contributed by atoms with van der Waals surface area (Å²) < 4.78 is 0. The molecule has 2 heterocycles. The Bertz CT molecular complexity index is 730. The van der Waals surface area contributed by atoms with Gasteiger partial charge in [0, 0.05) is 24.5 Å². The molecule has 0 saturated carbocycles. The quantitative estimate of drug-likeness (QED) is 0.696. The fourth-order valence-corrected chi connectivity index (χ4v) is 4.79. The van der Waals surface area contributed by atoms with Gasteiger partial charge in [0.25, 0.3) is 0 Å². The molecule has 0 fully saturated rings. The van der Waals surface area contributed by atoms with Gasteiger partial charge < -0.3 is 0 Å². The first kappa shape index (κ1) is 14.7. The fraction of sp³-hybridized carbons (Fsp3) is 0.364. The summed E-state index contributed by atoms with van der Waals surface area (Å²) in [5, 5.41) is 0. The highest BCUT2D eigenvalue weighted by Gasteiger charge is 2.45. The molecule has 4 atom stereocenters. The Labute approximate surface area is 139 Å². The highest BCUT2D eigenvalue weighted by atomic mass is 15.2. The van der Waals surface area contributed by atoms with Crippen molar-refractivity contribution in [3.8, 4) is 0 Å².